The molecule has 2 aromatic carbocycles. The van der Waals surface area contributed by atoms with Crippen LogP contribution in [0.3, 0.4) is 0 Å². The van der Waals surface area contributed by atoms with Crippen molar-refractivity contribution in [3.8, 4) is 11.5 Å². The Kier molecular flexibility index (Phi) is 6.19. The van der Waals surface area contributed by atoms with Gasteiger partial charge in [0, 0.05) is 0 Å². The molecule has 2 aromatic rings. The Morgan fingerprint density at radius 1 is 1.19 bits per heavy atom. The summed E-state index contributed by atoms with van der Waals surface area (Å²) in [5.74, 6) is 1.29. The molecule has 27 heavy (non-hydrogen) atoms. The number of thiocarbonyl (C=S) groups is 1. The number of hydrogen-bond donors (Lipinski definition) is 0. The molecule has 0 aromatic heterocycles. The van der Waals surface area contributed by atoms with Gasteiger partial charge in [0.2, 0.25) is 0 Å². The van der Waals surface area contributed by atoms with E-state index in [0.717, 1.165) is 17.7 Å². The van der Waals surface area contributed by atoms with Crippen molar-refractivity contribution in [2.75, 3.05) is 12.0 Å². The fourth-order valence-corrected chi connectivity index (χ4v) is 3.88. The van der Waals surface area contributed by atoms with Crippen LogP contribution in [-0.2, 0) is 4.79 Å². The number of rotatable bonds is 6. The Morgan fingerprint density at radius 2 is 1.89 bits per heavy atom. The maximum Gasteiger partial charge on any atom is 0.270 e. The van der Waals surface area contributed by atoms with E-state index in [2.05, 4.69) is 6.92 Å². The Balaban J connectivity index is 1.82. The molecule has 0 saturated carbocycles. The maximum absolute atomic E-state index is 12.9. The molecule has 1 aliphatic heterocycles. The van der Waals surface area contributed by atoms with Crippen LogP contribution >= 0.6 is 24.0 Å². The van der Waals surface area contributed by atoms with Crippen molar-refractivity contribution in [3.05, 3.63) is 59.0 Å². The molecule has 0 unspecified atom stereocenters. The second kappa shape index (κ2) is 8.59. The number of amides is 1. The van der Waals surface area contributed by atoms with Crippen LogP contribution in [0.5, 0.6) is 11.5 Å². The van der Waals surface area contributed by atoms with Gasteiger partial charge in [0.05, 0.1) is 23.8 Å². The first-order valence-electron chi connectivity index (χ1n) is 8.71. The molecule has 3 rings (SSSR count). The summed E-state index contributed by atoms with van der Waals surface area (Å²) < 4.78 is 11.7. The van der Waals surface area contributed by atoms with Crippen molar-refractivity contribution >= 4 is 46.0 Å². The molecule has 0 bridgehead atoms. The van der Waals surface area contributed by atoms with Gasteiger partial charge in [0.25, 0.3) is 5.91 Å². The lowest BCUT2D eigenvalue weighted by atomic mass is 10.2. The number of carbonyl (C=O) groups excluding carboxylic acids is 1. The SMILES string of the molecule is CC[C@H](C)Oc1ccc(/C=C2\SC(=S)N(c3ccccc3OC)C2=O)cc1. The van der Waals surface area contributed by atoms with E-state index in [1.807, 2.05) is 61.5 Å². The Morgan fingerprint density at radius 3 is 2.56 bits per heavy atom. The first kappa shape index (κ1) is 19.5. The minimum absolute atomic E-state index is 0.144. The molecule has 4 nitrogen and oxygen atoms in total. The van der Waals surface area contributed by atoms with Crippen LogP contribution in [0.25, 0.3) is 6.08 Å². The molecule has 1 amide bonds. The third kappa shape index (κ3) is 4.34. The van der Waals surface area contributed by atoms with Gasteiger partial charge in [-0.3, -0.25) is 9.69 Å². The Labute approximate surface area is 169 Å². The minimum Gasteiger partial charge on any atom is -0.495 e. The summed E-state index contributed by atoms with van der Waals surface area (Å²) in [5, 5.41) is 0. The summed E-state index contributed by atoms with van der Waals surface area (Å²) in [6.45, 7) is 4.12. The van der Waals surface area contributed by atoms with Crippen molar-refractivity contribution in [3.63, 3.8) is 0 Å². The van der Waals surface area contributed by atoms with Crippen molar-refractivity contribution in [2.24, 2.45) is 0 Å². The molecular formula is C21H21NO3S2. The van der Waals surface area contributed by atoms with Gasteiger partial charge in [0.1, 0.15) is 11.5 Å². The fraction of sp³-hybridized carbons (Fsp3) is 0.238. The van der Waals surface area contributed by atoms with Crippen LogP contribution in [0, 0.1) is 0 Å². The quantitative estimate of drug-likeness (QED) is 0.488. The molecule has 1 aliphatic rings. The van der Waals surface area contributed by atoms with Gasteiger partial charge in [-0.05, 0) is 49.2 Å². The maximum atomic E-state index is 12.9. The van der Waals surface area contributed by atoms with Crippen LogP contribution in [0.15, 0.2) is 53.4 Å². The number of methoxy groups -OCH3 is 1. The van der Waals surface area contributed by atoms with Gasteiger partial charge >= 0.3 is 0 Å². The third-order valence-corrected chi connectivity index (χ3v) is 5.51. The zero-order chi connectivity index (χ0) is 19.4. The topological polar surface area (TPSA) is 38.8 Å². The van der Waals surface area contributed by atoms with Gasteiger partial charge in [-0.25, -0.2) is 0 Å². The average molecular weight is 400 g/mol. The monoisotopic (exact) mass is 399 g/mol. The molecule has 0 radical (unpaired) electrons. The molecule has 1 atom stereocenters. The summed E-state index contributed by atoms with van der Waals surface area (Å²) in [7, 11) is 1.58. The van der Waals surface area contributed by atoms with Gasteiger partial charge < -0.3 is 9.47 Å². The molecule has 1 saturated heterocycles. The van der Waals surface area contributed by atoms with Crippen LogP contribution in [0.2, 0.25) is 0 Å². The van der Waals surface area contributed by atoms with E-state index in [9.17, 15) is 4.79 Å². The number of nitrogens with zero attached hydrogens (tertiary/aromatic N) is 1. The van der Waals surface area contributed by atoms with Crippen LogP contribution in [-0.4, -0.2) is 23.4 Å². The standard InChI is InChI=1S/C21H21NO3S2/c1-4-14(2)25-16-11-9-15(10-12-16)13-19-20(23)22(21(26)27-19)17-7-5-6-8-18(17)24-3/h5-14H,4H2,1-3H3/b19-13-/t14-/m0/s1. The molecule has 0 spiro atoms. The summed E-state index contributed by atoms with van der Waals surface area (Å²) in [6.07, 6.45) is 2.97. The Bertz CT molecular complexity index is 877. The number of benzene rings is 2. The second-order valence-corrected chi connectivity index (χ2v) is 7.77. The van der Waals surface area contributed by atoms with E-state index in [0.29, 0.717) is 20.7 Å². The highest BCUT2D eigenvalue weighted by atomic mass is 32.2. The average Bonchev–Trinajstić information content (AvgIpc) is 2.96. The van der Waals surface area contributed by atoms with Crippen LogP contribution < -0.4 is 14.4 Å². The number of ether oxygens (including phenoxy) is 2. The highest BCUT2D eigenvalue weighted by Gasteiger charge is 2.34. The molecular weight excluding hydrogens is 378 g/mol. The van der Waals surface area contributed by atoms with Gasteiger partial charge in [-0.1, -0.05) is 55.2 Å². The highest BCUT2D eigenvalue weighted by Crippen LogP contribution is 2.39. The van der Waals surface area contributed by atoms with Gasteiger partial charge in [0.15, 0.2) is 4.32 Å². The molecule has 6 heteroatoms. The second-order valence-electron chi connectivity index (χ2n) is 6.09. The lowest BCUT2D eigenvalue weighted by molar-refractivity contribution is -0.113. The molecule has 140 valence electrons. The predicted octanol–water partition coefficient (Wildman–Crippen LogP) is 5.28. The van der Waals surface area contributed by atoms with E-state index in [4.69, 9.17) is 21.7 Å². The molecule has 0 aliphatic carbocycles. The third-order valence-electron chi connectivity index (χ3n) is 4.21. The number of thioether (sulfide) groups is 1. The zero-order valence-corrected chi connectivity index (χ0v) is 17.1. The molecule has 1 fully saturated rings. The van der Waals surface area contributed by atoms with Crippen molar-refractivity contribution in [2.45, 2.75) is 26.4 Å². The number of anilines is 1. The van der Waals surface area contributed by atoms with Gasteiger partial charge in [-0.15, -0.1) is 0 Å². The van der Waals surface area contributed by atoms with E-state index in [1.165, 1.54) is 16.7 Å². The van der Waals surface area contributed by atoms with Crippen LogP contribution in [0.4, 0.5) is 5.69 Å². The summed E-state index contributed by atoms with van der Waals surface area (Å²) in [5.41, 5.74) is 1.58. The minimum atomic E-state index is -0.144. The summed E-state index contributed by atoms with van der Waals surface area (Å²) >= 11 is 6.72. The van der Waals surface area contributed by atoms with Crippen molar-refractivity contribution < 1.29 is 14.3 Å². The fourth-order valence-electron chi connectivity index (χ4n) is 2.60. The normalized spacial score (nSPS) is 16.7. The van der Waals surface area contributed by atoms with Crippen molar-refractivity contribution in [1.82, 2.24) is 0 Å². The van der Waals surface area contributed by atoms with E-state index in [-0.39, 0.29) is 12.0 Å². The predicted molar refractivity (Wildman–Crippen MR) is 115 cm³/mol. The lowest BCUT2D eigenvalue weighted by Crippen LogP contribution is -2.27. The van der Waals surface area contributed by atoms with Crippen molar-refractivity contribution in [1.29, 1.82) is 0 Å². The first-order chi connectivity index (χ1) is 13.0. The largest absolute Gasteiger partial charge is 0.495 e. The van der Waals surface area contributed by atoms with E-state index in [1.54, 1.807) is 7.11 Å². The number of hydrogen-bond acceptors (Lipinski definition) is 5. The van der Waals surface area contributed by atoms with Gasteiger partial charge in [-0.2, -0.15) is 0 Å². The molecule has 1 heterocycles. The number of carbonyl (C=O) groups is 1. The zero-order valence-electron chi connectivity index (χ0n) is 15.5. The smallest absolute Gasteiger partial charge is 0.270 e. The summed E-state index contributed by atoms with van der Waals surface area (Å²) in [6, 6.07) is 15.1. The summed E-state index contributed by atoms with van der Waals surface area (Å²) in [4.78, 5) is 15.0. The highest BCUT2D eigenvalue weighted by molar-refractivity contribution is 8.27. The van der Waals surface area contributed by atoms with Crippen LogP contribution in [0.1, 0.15) is 25.8 Å². The number of para-hydroxylation sites is 2. The molecule has 0 N–H and O–H groups in total. The first-order valence-corrected chi connectivity index (χ1v) is 9.93. The Hall–Kier alpha value is -2.31. The lowest BCUT2D eigenvalue weighted by Gasteiger charge is -2.17. The van der Waals surface area contributed by atoms with E-state index < -0.39 is 0 Å². The van der Waals surface area contributed by atoms with E-state index >= 15 is 0 Å².